The molecule has 0 saturated carbocycles. The van der Waals surface area contributed by atoms with E-state index in [4.69, 9.17) is 11.3 Å². The van der Waals surface area contributed by atoms with Gasteiger partial charge in [-0.1, -0.05) is 109 Å². The molecule has 5 heteroatoms. The zero-order chi connectivity index (χ0) is 34.9. The van der Waals surface area contributed by atoms with Gasteiger partial charge in [-0.05, 0) is 76.0 Å². The number of hydrogen-bond acceptors (Lipinski definition) is 3. The molecular weight excluding hydrogens is 625 g/mol. The van der Waals surface area contributed by atoms with Crippen molar-refractivity contribution < 1.29 is 4.74 Å². The van der Waals surface area contributed by atoms with Crippen molar-refractivity contribution in [1.82, 2.24) is 4.57 Å². The molecule has 1 aliphatic heterocycles. The molecule has 5 nitrogen and oxygen atoms in total. The Kier molecular flexibility index (Phi) is 8.01. The van der Waals surface area contributed by atoms with E-state index >= 15 is 0 Å². The van der Waals surface area contributed by atoms with Gasteiger partial charge in [0.15, 0.2) is 0 Å². The van der Waals surface area contributed by atoms with Crippen LogP contribution < -0.4 is 4.90 Å². The molecule has 0 fully saturated rings. The first-order chi connectivity index (χ1) is 25.0. The van der Waals surface area contributed by atoms with Gasteiger partial charge in [0.2, 0.25) is 0 Å². The van der Waals surface area contributed by atoms with Crippen LogP contribution in [0.5, 0.6) is 0 Å². The molecule has 0 spiro atoms. The minimum atomic E-state index is 0.0110. The number of nitriles is 1. The van der Waals surface area contributed by atoms with Gasteiger partial charge in [0.25, 0.3) is 5.70 Å². The van der Waals surface area contributed by atoms with Crippen molar-refractivity contribution in [3.05, 3.63) is 191 Å². The number of anilines is 1. The number of hydrogen-bond donors (Lipinski definition) is 0. The highest BCUT2D eigenvalue weighted by molar-refractivity contribution is 6.17. The van der Waals surface area contributed by atoms with E-state index in [0.29, 0.717) is 17.1 Å². The molecule has 1 aromatic heterocycles. The zero-order valence-electron chi connectivity index (χ0n) is 28.2. The lowest BCUT2D eigenvalue weighted by Gasteiger charge is -2.18. The fourth-order valence-electron chi connectivity index (χ4n) is 6.95. The van der Waals surface area contributed by atoms with E-state index < -0.39 is 0 Å². The van der Waals surface area contributed by atoms with Crippen molar-refractivity contribution in [3.63, 3.8) is 0 Å². The zero-order valence-corrected chi connectivity index (χ0v) is 28.2. The Hall–Kier alpha value is -7.08. The van der Waals surface area contributed by atoms with Gasteiger partial charge in [-0.2, -0.15) is 0 Å². The maximum atomic E-state index is 9.75. The van der Waals surface area contributed by atoms with Crippen LogP contribution in [0.15, 0.2) is 168 Å². The minimum absolute atomic E-state index is 0.0110. The Labute approximate surface area is 296 Å². The maximum Gasteiger partial charge on any atom is 0.269 e. The van der Waals surface area contributed by atoms with Gasteiger partial charge in [-0.25, -0.2) is 10.1 Å². The fourth-order valence-corrected chi connectivity index (χ4v) is 6.95. The maximum absolute atomic E-state index is 9.75. The van der Waals surface area contributed by atoms with Gasteiger partial charge in [-0.15, -0.1) is 0 Å². The molecule has 0 radical (unpaired) electrons. The summed E-state index contributed by atoms with van der Waals surface area (Å²) in [4.78, 5) is 5.54. The van der Waals surface area contributed by atoms with E-state index in [0.717, 1.165) is 55.1 Å². The highest BCUT2D eigenvalue weighted by Gasteiger charge is 2.19. The Morgan fingerprint density at radius 3 is 1.65 bits per heavy atom. The van der Waals surface area contributed by atoms with Gasteiger partial charge < -0.3 is 14.2 Å². The number of rotatable bonds is 6. The predicted molar refractivity (Wildman–Crippen MR) is 211 cm³/mol. The topological polar surface area (TPSA) is 45.6 Å². The molecule has 6 aromatic carbocycles. The van der Waals surface area contributed by atoms with E-state index in [-0.39, 0.29) is 5.70 Å². The van der Waals surface area contributed by atoms with Crippen LogP contribution in [-0.4, -0.2) is 18.7 Å². The quantitative estimate of drug-likeness (QED) is 0.102. The van der Waals surface area contributed by atoms with E-state index in [2.05, 4.69) is 130 Å². The number of fused-ring (bicyclic) bond motifs is 5. The second-order valence-corrected chi connectivity index (χ2v) is 12.6. The molecule has 0 atom stereocenters. The third-order valence-corrected chi connectivity index (χ3v) is 9.33. The minimum Gasteiger partial charge on any atom is -0.457 e. The molecular formula is C46H32N4O. The lowest BCUT2D eigenvalue weighted by Crippen LogP contribution is -2.07. The summed E-state index contributed by atoms with van der Waals surface area (Å²) >= 11 is 0. The molecule has 242 valence electrons. The van der Waals surface area contributed by atoms with Crippen LogP contribution in [0, 0.1) is 17.9 Å². The number of allylic oxidation sites excluding steroid dienone is 6. The molecule has 0 unspecified atom stereocenters. The highest BCUT2D eigenvalue weighted by Crippen LogP contribution is 2.41. The molecule has 51 heavy (non-hydrogen) atoms. The number of aromatic nitrogens is 1. The van der Waals surface area contributed by atoms with Gasteiger partial charge in [0, 0.05) is 41.3 Å². The van der Waals surface area contributed by atoms with Crippen molar-refractivity contribution >= 4 is 61.2 Å². The van der Waals surface area contributed by atoms with Gasteiger partial charge in [-0.3, -0.25) is 0 Å². The molecule has 0 N–H and O–H groups in total. The summed E-state index contributed by atoms with van der Waals surface area (Å²) in [6.07, 6.45) is 11.3. The largest absolute Gasteiger partial charge is 0.457 e. The summed E-state index contributed by atoms with van der Waals surface area (Å²) in [6.45, 7) is 7.62. The third-order valence-electron chi connectivity index (χ3n) is 9.33. The third kappa shape index (κ3) is 5.64. The van der Waals surface area contributed by atoms with E-state index in [1.807, 2.05) is 50.5 Å². The van der Waals surface area contributed by atoms with Gasteiger partial charge >= 0.3 is 0 Å². The molecule has 2 heterocycles. The van der Waals surface area contributed by atoms with E-state index in [9.17, 15) is 5.26 Å². The summed E-state index contributed by atoms with van der Waals surface area (Å²) in [6, 6.07) is 44.5. The number of benzene rings is 6. The van der Waals surface area contributed by atoms with Crippen molar-refractivity contribution in [3.8, 4) is 11.8 Å². The lowest BCUT2D eigenvalue weighted by atomic mass is 9.94. The summed E-state index contributed by atoms with van der Waals surface area (Å²) in [5.74, 6) is 1.07. The summed E-state index contributed by atoms with van der Waals surface area (Å²) in [5, 5.41) is 16.7. The number of para-hydroxylation sites is 2. The van der Waals surface area contributed by atoms with Crippen LogP contribution in [0.4, 0.5) is 5.69 Å². The van der Waals surface area contributed by atoms with E-state index in [1.54, 1.807) is 12.2 Å². The SMILES string of the molecule is [C-]#[N+]/C(C#N)=C1C=C(/C=C/c2ccc(N(C)C)cc2)OC(/C=C/c2c3ccccc3c(-n3c4ccccc4c4ccccc43)c3ccccc23)=C\1. The Morgan fingerprint density at radius 2 is 1.14 bits per heavy atom. The average molecular weight is 657 g/mol. The van der Waals surface area contributed by atoms with Crippen LogP contribution in [0.2, 0.25) is 0 Å². The van der Waals surface area contributed by atoms with Crippen molar-refractivity contribution in [2.45, 2.75) is 0 Å². The summed E-state index contributed by atoms with van der Waals surface area (Å²) in [7, 11) is 4.02. The lowest BCUT2D eigenvalue weighted by molar-refractivity contribution is 0.332. The molecule has 8 rings (SSSR count). The second-order valence-electron chi connectivity index (χ2n) is 12.6. The number of nitrogens with zero attached hydrogens (tertiary/aromatic N) is 4. The number of ether oxygens (including phenoxy) is 1. The average Bonchev–Trinajstić information content (AvgIpc) is 3.50. The van der Waals surface area contributed by atoms with Crippen LogP contribution in [0.1, 0.15) is 11.1 Å². The van der Waals surface area contributed by atoms with Gasteiger partial charge in [0.05, 0.1) is 29.4 Å². The van der Waals surface area contributed by atoms with Crippen molar-refractivity contribution in [2.24, 2.45) is 0 Å². The molecule has 0 amide bonds. The van der Waals surface area contributed by atoms with Crippen molar-refractivity contribution in [1.29, 1.82) is 5.26 Å². The second kappa shape index (κ2) is 13.1. The molecule has 0 bridgehead atoms. The summed E-state index contributed by atoms with van der Waals surface area (Å²) < 4.78 is 8.75. The first-order valence-electron chi connectivity index (χ1n) is 16.7. The predicted octanol–water partition coefficient (Wildman–Crippen LogP) is 11.4. The first kappa shape index (κ1) is 31.2. The Balaban J connectivity index is 1.26. The Bertz CT molecular complexity index is 2630. The van der Waals surface area contributed by atoms with Crippen molar-refractivity contribution in [2.75, 3.05) is 19.0 Å². The molecule has 0 saturated heterocycles. The van der Waals surface area contributed by atoms with Crippen LogP contribution in [0.3, 0.4) is 0 Å². The van der Waals surface area contributed by atoms with Gasteiger partial charge in [0.1, 0.15) is 11.5 Å². The molecule has 7 aromatic rings. The molecule has 0 aliphatic carbocycles. The normalized spacial score (nSPS) is 14.1. The van der Waals surface area contributed by atoms with Crippen LogP contribution in [-0.2, 0) is 4.74 Å². The summed E-state index contributed by atoms with van der Waals surface area (Å²) in [5.41, 5.74) is 7.15. The monoisotopic (exact) mass is 656 g/mol. The first-order valence-corrected chi connectivity index (χ1v) is 16.7. The molecule has 1 aliphatic rings. The van der Waals surface area contributed by atoms with Crippen LogP contribution in [0.25, 0.3) is 66.0 Å². The van der Waals surface area contributed by atoms with E-state index in [1.165, 1.54) is 10.8 Å². The Morgan fingerprint density at radius 1 is 0.647 bits per heavy atom. The fraction of sp³-hybridized carbons (Fsp3) is 0.0435. The van der Waals surface area contributed by atoms with Crippen LogP contribution >= 0.6 is 0 Å². The highest BCUT2D eigenvalue weighted by atomic mass is 16.5. The standard InChI is InChI=1S/C46H32N4O/c1-48-43(30-47)32-28-34(25-22-31-20-23-33(24-21-31)49(2)3)51-35(29-32)26-27-38-36-12-4-6-16-41(36)46(42-17-7-5-13-37(38)42)50-44-18-10-8-14-39(44)40-15-9-11-19-45(40)50/h4-29H,2-3H3/b25-22+,27-26+,43-32+. The smallest absolute Gasteiger partial charge is 0.269 e.